The number of aryl methyl sites for hydroxylation is 2. The molecule has 3 aromatic carbocycles. The molecule has 1 aliphatic carbocycles. The van der Waals surface area contributed by atoms with Gasteiger partial charge in [0, 0.05) is 50.0 Å². The number of pyridine rings is 2. The summed E-state index contributed by atoms with van der Waals surface area (Å²) in [6.07, 6.45) is 6.50. The van der Waals surface area contributed by atoms with Crippen LogP contribution in [0, 0.1) is 19.9 Å². The van der Waals surface area contributed by atoms with Crippen LogP contribution in [0.3, 0.4) is 0 Å². The minimum Gasteiger partial charge on any atom is -0.505 e. The van der Waals surface area contributed by atoms with Gasteiger partial charge in [-0.05, 0) is 66.5 Å². The zero-order valence-electron chi connectivity index (χ0n) is 21.8. The van der Waals surface area contributed by atoms with E-state index in [-0.39, 0.29) is 26.8 Å². The Balaban J connectivity index is 0.00000277. The number of phenols is 1. The molecule has 198 valence electrons. The molecule has 0 atom stereocenters. The molecule has 5 nitrogen and oxygen atoms in total. The van der Waals surface area contributed by atoms with Crippen molar-refractivity contribution in [3.8, 4) is 23.2 Å². The van der Waals surface area contributed by atoms with Gasteiger partial charge >= 0.3 is 0 Å². The summed E-state index contributed by atoms with van der Waals surface area (Å²) in [7, 11) is 0. The van der Waals surface area contributed by atoms with E-state index < -0.39 is 0 Å². The summed E-state index contributed by atoms with van der Waals surface area (Å²) in [6, 6.07) is 25.9. The van der Waals surface area contributed by atoms with Crippen molar-refractivity contribution in [3.63, 3.8) is 0 Å². The van der Waals surface area contributed by atoms with E-state index in [9.17, 15) is 5.11 Å². The van der Waals surface area contributed by atoms with E-state index in [0.717, 1.165) is 62.5 Å². The Labute approximate surface area is 241 Å². The summed E-state index contributed by atoms with van der Waals surface area (Å²) in [5.41, 5.74) is 5.80. The van der Waals surface area contributed by atoms with Gasteiger partial charge in [0.15, 0.2) is 0 Å². The van der Waals surface area contributed by atoms with Gasteiger partial charge in [-0.15, -0.1) is 17.7 Å². The summed E-state index contributed by atoms with van der Waals surface area (Å²) in [5, 5.41) is 14.3. The Bertz CT molecular complexity index is 1850. The second-order valence-electron chi connectivity index (χ2n) is 10.4. The normalized spacial score (nSPS) is 13.8. The largest absolute Gasteiger partial charge is 0.505 e. The second kappa shape index (κ2) is 10.1. The van der Waals surface area contributed by atoms with E-state index in [1.807, 2.05) is 36.5 Å². The van der Waals surface area contributed by atoms with Crippen LogP contribution >= 0.6 is 0 Å². The molecule has 6 aromatic rings. The topological polar surface area (TPSA) is 60.2 Å². The zero-order valence-corrected chi connectivity index (χ0v) is 24.1. The minimum atomic E-state index is 0. The molecule has 0 unspecified atom stereocenters. The van der Waals surface area contributed by atoms with Crippen LogP contribution in [0.15, 0.2) is 72.9 Å². The van der Waals surface area contributed by atoms with Gasteiger partial charge in [0.2, 0.25) is 5.88 Å². The molecule has 7 rings (SSSR count). The van der Waals surface area contributed by atoms with E-state index in [4.69, 9.17) is 9.72 Å². The third-order valence-electron chi connectivity index (χ3n) is 7.84. The average Bonchev–Trinajstić information content (AvgIpc) is 3.56. The van der Waals surface area contributed by atoms with Crippen LogP contribution in [-0.4, -0.2) is 19.6 Å². The molecule has 3 heterocycles. The molecule has 1 saturated carbocycles. The number of aromatic hydroxyl groups is 1. The number of nitrogens with zero attached hydrogens (tertiary/aromatic N) is 3. The number of phenolic OH excluding ortho intramolecular Hbond substituents is 1. The third-order valence-corrected chi connectivity index (χ3v) is 7.84. The fourth-order valence-corrected chi connectivity index (χ4v) is 6.02. The van der Waals surface area contributed by atoms with Gasteiger partial charge in [-0.1, -0.05) is 61.0 Å². The monoisotopic (exact) mass is 693 g/mol. The van der Waals surface area contributed by atoms with E-state index in [0.29, 0.717) is 23.1 Å². The molecule has 1 N–H and O–H groups in total. The maximum absolute atomic E-state index is 11.1. The Kier molecular flexibility index (Phi) is 6.64. The third kappa shape index (κ3) is 4.39. The molecule has 0 aliphatic heterocycles. The van der Waals surface area contributed by atoms with Gasteiger partial charge in [-0.2, -0.15) is 0 Å². The number of benzene rings is 3. The number of para-hydroxylation sites is 1. The SMILES string of the molecule is Cc1ccnc(-n2c3[c-]c(Oc4ccc5ccc(C6CCCC6)c(O)c5n4)cc(C)c3c3ccccc32)c1.[Pt]. The smallest absolute Gasteiger partial charge is 0.217 e. The van der Waals surface area contributed by atoms with Crippen molar-refractivity contribution in [2.45, 2.75) is 45.4 Å². The molecule has 0 spiro atoms. The average molecular weight is 694 g/mol. The summed E-state index contributed by atoms with van der Waals surface area (Å²) in [4.78, 5) is 9.41. The van der Waals surface area contributed by atoms with Crippen LogP contribution in [0.1, 0.15) is 48.3 Å². The van der Waals surface area contributed by atoms with E-state index in [1.165, 1.54) is 12.8 Å². The van der Waals surface area contributed by atoms with Crippen LogP contribution in [-0.2, 0) is 21.1 Å². The predicted molar refractivity (Wildman–Crippen MR) is 152 cm³/mol. The Morgan fingerprint density at radius 1 is 0.974 bits per heavy atom. The van der Waals surface area contributed by atoms with Crippen LogP contribution < -0.4 is 4.74 Å². The number of hydrogen-bond acceptors (Lipinski definition) is 4. The van der Waals surface area contributed by atoms with Crippen LogP contribution in [0.5, 0.6) is 17.4 Å². The van der Waals surface area contributed by atoms with Crippen molar-refractivity contribution in [1.82, 2.24) is 14.5 Å². The molecular formula is C33H28N3O2Pt-. The maximum Gasteiger partial charge on any atom is 0.217 e. The van der Waals surface area contributed by atoms with Gasteiger partial charge in [0.25, 0.3) is 0 Å². The number of aromatic nitrogens is 3. The maximum atomic E-state index is 11.1. The van der Waals surface area contributed by atoms with E-state index >= 15 is 0 Å². The first kappa shape index (κ1) is 25.6. The summed E-state index contributed by atoms with van der Waals surface area (Å²) >= 11 is 0. The number of hydrogen-bond donors (Lipinski definition) is 1. The summed E-state index contributed by atoms with van der Waals surface area (Å²) in [5.74, 6) is 2.53. The van der Waals surface area contributed by atoms with Crippen molar-refractivity contribution >= 4 is 32.7 Å². The van der Waals surface area contributed by atoms with Crippen molar-refractivity contribution in [1.29, 1.82) is 0 Å². The first-order valence-corrected chi connectivity index (χ1v) is 13.3. The molecule has 1 aliphatic rings. The van der Waals surface area contributed by atoms with Gasteiger partial charge in [0.05, 0.1) is 0 Å². The zero-order chi connectivity index (χ0) is 25.8. The van der Waals surface area contributed by atoms with E-state index in [2.05, 4.69) is 65.9 Å². The Morgan fingerprint density at radius 2 is 1.77 bits per heavy atom. The van der Waals surface area contributed by atoms with Crippen molar-refractivity contribution in [2.24, 2.45) is 0 Å². The van der Waals surface area contributed by atoms with Crippen LogP contribution in [0.2, 0.25) is 0 Å². The van der Waals surface area contributed by atoms with Gasteiger partial charge in [0.1, 0.15) is 17.1 Å². The van der Waals surface area contributed by atoms with Crippen LogP contribution in [0.25, 0.3) is 38.5 Å². The molecule has 0 bridgehead atoms. The van der Waals surface area contributed by atoms with Crippen molar-refractivity contribution < 1.29 is 30.9 Å². The number of fused-ring (bicyclic) bond motifs is 4. The van der Waals surface area contributed by atoms with E-state index in [1.54, 1.807) is 0 Å². The predicted octanol–water partition coefficient (Wildman–Crippen LogP) is 8.30. The Morgan fingerprint density at radius 3 is 2.59 bits per heavy atom. The minimum absolute atomic E-state index is 0. The number of rotatable bonds is 4. The van der Waals surface area contributed by atoms with Crippen molar-refractivity contribution in [2.75, 3.05) is 0 Å². The fourth-order valence-electron chi connectivity index (χ4n) is 6.02. The molecule has 39 heavy (non-hydrogen) atoms. The quantitative estimate of drug-likeness (QED) is 0.189. The fraction of sp³-hybridized carbons (Fsp3) is 0.212. The number of ether oxygens (including phenoxy) is 1. The standard InChI is InChI=1S/C33H28N3O2.Pt/c1-20-15-16-34-29(17-20)36-27-10-6-5-9-26(27)31-21(2)18-24(19-28(31)36)38-30-14-12-23-11-13-25(22-7-3-4-8-22)33(37)32(23)35-30;/h5-6,9-18,22,37H,3-4,7-8H2,1-2H3;/q-1;. The van der Waals surface area contributed by atoms with Crippen molar-refractivity contribution in [3.05, 3.63) is 95.7 Å². The molecule has 3 aromatic heterocycles. The Hall–Kier alpha value is -3.69. The molecular weight excluding hydrogens is 665 g/mol. The molecule has 1 fully saturated rings. The van der Waals surface area contributed by atoms with Crippen LogP contribution in [0.4, 0.5) is 0 Å². The summed E-state index contributed by atoms with van der Waals surface area (Å²) in [6.45, 7) is 4.17. The van der Waals surface area contributed by atoms with Gasteiger partial charge < -0.3 is 14.4 Å². The molecule has 0 radical (unpaired) electrons. The first-order valence-electron chi connectivity index (χ1n) is 13.3. The van der Waals surface area contributed by atoms with Gasteiger partial charge in [-0.25, -0.2) is 9.97 Å². The van der Waals surface area contributed by atoms with Gasteiger partial charge in [-0.3, -0.25) is 0 Å². The molecule has 0 saturated heterocycles. The molecule has 0 amide bonds. The second-order valence-corrected chi connectivity index (χ2v) is 10.4. The molecule has 6 heteroatoms. The first-order chi connectivity index (χ1) is 18.6. The summed E-state index contributed by atoms with van der Waals surface area (Å²) < 4.78 is 8.44.